The van der Waals surface area contributed by atoms with E-state index >= 15 is 0 Å². The van der Waals surface area contributed by atoms with Crippen LogP contribution in [0.3, 0.4) is 0 Å². The van der Waals surface area contributed by atoms with Crippen LogP contribution in [0.2, 0.25) is 0 Å². The standard InChI is InChI=1S/C15H10F3N3O3S/c1-8-2-7-11(25-8)13-20-21-14(23-13)19-12(22)9-3-5-10(6-4-9)24-15(16,17)18/h2-7H,1H3,(H,19,21,22). The molecular weight excluding hydrogens is 359 g/mol. The minimum absolute atomic E-state index is 0.110. The summed E-state index contributed by atoms with van der Waals surface area (Å²) in [6.45, 7) is 1.93. The van der Waals surface area contributed by atoms with Crippen LogP contribution in [-0.2, 0) is 0 Å². The predicted molar refractivity (Wildman–Crippen MR) is 83.4 cm³/mol. The van der Waals surface area contributed by atoms with Crippen molar-refractivity contribution in [1.82, 2.24) is 10.2 Å². The lowest BCUT2D eigenvalue weighted by Gasteiger charge is -2.08. The number of carbonyl (C=O) groups excluding carboxylic acids is 1. The molecule has 0 spiro atoms. The third-order valence-electron chi connectivity index (χ3n) is 2.95. The molecule has 0 atom stereocenters. The number of benzene rings is 1. The molecule has 2 aromatic heterocycles. The largest absolute Gasteiger partial charge is 0.573 e. The van der Waals surface area contributed by atoms with Crippen molar-refractivity contribution in [2.75, 3.05) is 5.32 Å². The van der Waals surface area contributed by atoms with Crippen LogP contribution in [-0.4, -0.2) is 22.5 Å². The minimum Gasteiger partial charge on any atom is -0.406 e. The van der Waals surface area contributed by atoms with E-state index in [4.69, 9.17) is 4.42 Å². The van der Waals surface area contributed by atoms with Crippen molar-refractivity contribution in [1.29, 1.82) is 0 Å². The smallest absolute Gasteiger partial charge is 0.406 e. The molecule has 10 heteroatoms. The molecule has 0 saturated heterocycles. The molecule has 25 heavy (non-hydrogen) atoms. The van der Waals surface area contributed by atoms with Gasteiger partial charge in [0.1, 0.15) is 5.75 Å². The SMILES string of the molecule is Cc1ccc(-c2nnc(NC(=O)c3ccc(OC(F)(F)F)cc3)o2)s1. The van der Waals surface area contributed by atoms with E-state index in [1.165, 1.54) is 23.5 Å². The number of aromatic nitrogens is 2. The number of carbonyl (C=O) groups is 1. The summed E-state index contributed by atoms with van der Waals surface area (Å²) in [6, 6.07) is 8.06. The lowest BCUT2D eigenvalue weighted by molar-refractivity contribution is -0.274. The molecule has 0 fully saturated rings. The molecule has 130 valence electrons. The van der Waals surface area contributed by atoms with Crippen LogP contribution < -0.4 is 10.1 Å². The molecule has 0 aliphatic carbocycles. The summed E-state index contributed by atoms with van der Waals surface area (Å²) in [6.07, 6.45) is -4.79. The summed E-state index contributed by atoms with van der Waals surface area (Å²) < 4.78 is 45.4. The number of anilines is 1. The average Bonchev–Trinajstić information content (AvgIpc) is 3.15. The molecule has 0 radical (unpaired) electrons. The van der Waals surface area contributed by atoms with Crippen LogP contribution in [0.25, 0.3) is 10.8 Å². The van der Waals surface area contributed by atoms with Gasteiger partial charge in [-0.3, -0.25) is 10.1 Å². The van der Waals surface area contributed by atoms with Crippen LogP contribution >= 0.6 is 11.3 Å². The molecule has 0 aliphatic rings. The fourth-order valence-electron chi connectivity index (χ4n) is 1.90. The fourth-order valence-corrected chi connectivity index (χ4v) is 2.69. The first-order chi connectivity index (χ1) is 11.8. The monoisotopic (exact) mass is 369 g/mol. The Labute approximate surface area is 143 Å². The van der Waals surface area contributed by atoms with Gasteiger partial charge in [0.05, 0.1) is 4.88 Å². The highest BCUT2D eigenvalue weighted by Gasteiger charge is 2.31. The third kappa shape index (κ3) is 4.35. The second kappa shape index (κ2) is 6.55. The molecule has 3 rings (SSSR count). The summed E-state index contributed by atoms with van der Waals surface area (Å²) in [5.41, 5.74) is 0.112. The second-order valence-corrected chi connectivity index (χ2v) is 6.14. The predicted octanol–water partition coefficient (Wildman–Crippen LogP) is 4.26. The third-order valence-corrected chi connectivity index (χ3v) is 3.94. The zero-order valence-electron chi connectivity index (χ0n) is 12.6. The first-order valence-corrected chi connectivity index (χ1v) is 7.69. The van der Waals surface area contributed by atoms with Gasteiger partial charge in [-0.15, -0.1) is 29.6 Å². The minimum atomic E-state index is -4.79. The van der Waals surface area contributed by atoms with Gasteiger partial charge in [0, 0.05) is 10.4 Å². The second-order valence-electron chi connectivity index (χ2n) is 4.85. The zero-order chi connectivity index (χ0) is 18.0. The lowest BCUT2D eigenvalue weighted by atomic mass is 10.2. The summed E-state index contributed by atoms with van der Waals surface area (Å²) in [5.74, 6) is -0.754. The molecule has 3 aromatic rings. The fraction of sp³-hybridized carbons (Fsp3) is 0.133. The van der Waals surface area contributed by atoms with Crippen molar-refractivity contribution < 1.29 is 27.1 Å². The van der Waals surface area contributed by atoms with E-state index in [2.05, 4.69) is 20.3 Å². The Kier molecular flexibility index (Phi) is 4.45. The highest BCUT2D eigenvalue weighted by atomic mass is 32.1. The Morgan fingerprint density at radius 2 is 1.88 bits per heavy atom. The van der Waals surface area contributed by atoms with Gasteiger partial charge in [-0.2, -0.15) is 0 Å². The van der Waals surface area contributed by atoms with Crippen molar-refractivity contribution in [3.8, 4) is 16.5 Å². The van der Waals surface area contributed by atoms with E-state index in [1.54, 1.807) is 0 Å². The number of ether oxygens (including phenoxy) is 1. The van der Waals surface area contributed by atoms with Crippen molar-refractivity contribution in [2.45, 2.75) is 13.3 Å². The Hall–Kier alpha value is -2.88. The van der Waals surface area contributed by atoms with Crippen molar-refractivity contribution in [3.63, 3.8) is 0 Å². The van der Waals surface area contributed by atoms with E-state index in [1.807, 2.05) is 19.1 Å². The van der Waals surface area contributed by atoms with Crippen LogP contribution in [0.15, 0.2) is 40.8 Å². The van der Waals surface area contributed by atoms with E-state index in [0.29, 0.717) is 0 Å². The van der Waals surface area contributed by atoms with Gasteiger partial charge < -0.3 is 9.15 Å². The number of nitrogens with zero attached hydrogens (tertiary/aromatic N) is 2. The number of alkyl halides is 3. The topological polar surface area (TPSA) is 77.2 Å². The van der Waals surface area contributed by atoms with Crippen LogP contribution in [0, 0.1) is 6.92 Å². The lowest BCUT2D eigenvalue weighted by Crippen LogP contribution is -2.17. The Bertz CT molecular complexity index is 887. The van der Waals surface area contributed by atoms with E-state index in [9.17, 15) is 18.0 Å². The molecule has 1 N–H and O–H groups in total. The number of rotatable bonds is 4. The summed E-state index contributed by atoms with van der Waals surface area (Å²) in [7, 11) is 0. The zero-order valence-corrected chi connectivity index (χ0v) is 13.4. The summed E-state index contributed by atoms with van der Waals surface area (Å²) in [5, 5.41) is 9.94. The highest BCUT2D eigenvalue weighted by Crippen LogP contribution is 2.27. The van der Waals surface area contributed by atoms with Crippen molar-refractivity contribution >= 4 is 23.3 Å². The van der Waals surface area contributed by atoms with E-state index in [0.717, 1.165) is 21.9 Å². The molecule has 0 unspecified atom stereocenters. The maximum Gasteiger partial charge on any atom is 0.573 e. The molecule has 0 aliphatic heterocycles. The number of thiophene rings is 1. The van der Waals surface area contributed by atoms with Crippen LogP contribution in [0.4, 0.5) is 19.2 Å². The quantitative estimate of drug-likeness (QED) is 0.744. The van der Waals surface area contributed by atoms with Gasteiger partial charge in [-0.1, -0.05) is 5.10 Å². The number of amides is 1. The Morgan fingerprint density at radius 3 is 2.48 bits per heavy atom. The Morgan fingerprint density at radius 1 is 1.16 bits per heavy atom. The van der Waals surface area contributed by atoms with Crippen molar-refractivity contribution in [3.05, 3.63) is 46.8 Å². The highest BCUT2D eigenvalue weighted by molar-refractivity contribution is 7.15. The summed E-state index contributed by atoms with van der Waals surface area (Å²) in [4.78, 5) is 13.9. The first-order valence-electron chi connectivity index (χ1n) is 6.88. The van der Waals surface area contributed by atoms with E-state index in [-0.39, 0.29) is 17.5 Å². The van der Waals surface area contributed by atoms with Gasteiger partial charge in [0.15, 0.2) is 0 Å². The first kappa shape index (κ1) is 17.0. The molecular formula is C15H10F3N3O3S. The van der Waals surface area contributed by atoms with E-state index < -0.39 is 18.0 Å². The van der Waals surface area contributed by atoms with Crippen molar-refractivity contribution in [2.24, 2.45) is 0 Å². The Balaban J connectivity index is 1.67. The normalized spacial score (nSPS) is 11.4. The van der Waals surface area contributed by atoms with Gasteiger partial charge in [0.25, 0.3) is 11.8 Å². The number of halogens is 3. The van der Waals surface area contributed by atoms with Gasteiger partial charge >= 0.3 is 12.4 Å². The number of aryl methyl sites for hydroxylation is 1. The van der Waals surface area contributed by atoms with Gasteiger partial charge in [-0.05, 0) is 43.3 Å². The summed E-state index contributed by atoms with van der Waals surface area (Å²) >= 11 is 1.46. The average molecular weight is 369 g/mol. The molecule has 1 amide bonds. The number of hydrogen-bond donors (Lipinski definition) is 1. The van der Waals surface area contributed by atoms with Crippen LogP contribution in [0.5, 0.6) is 5.75 Å². The molecule has 0 saturated carbocycles. The molecule has 6 nitrogen and oxygen atoms in total. The maximum absolute atomic E-state index is 12.1. The maximum atomic E-state index is 12.1. The number of hydrogen-bond acceptors (Lipinski definition) is 6. The van der Waals surface area contributed by atoms with Gasteiger partial charge in [0.2, 0.25) is 0 Å². The number of nitrogens with one attached hydrogen (secondary N) is 1. The molecule has 2 heterocycles. The van der Waals surface area contributed by atoms with Crippen LogP contribution in [0.1, 0.15) is 15.2 Å². The molecule has 0 bridgehead atoms. The molecule has 1 aromatic carbocycles. The van der Waals surface area contributed by atoms with Gasteiger partial charge in [-0.25, -0.2) is 0 Å².